The Morgan fingerprint density at radius 1 is 1.08 bits per heavy atom. The van der Waals surface area contributed by atoms with Gasteiger partial charge in [-0.05, 0) is 67.9 Å². The van der Waals surface area contributed by atoms with E-state index in [1.54, 1.807) is 6.92 Å². The van der Waals surface area contributed by atoms with E-state index in [9.17, 15) is 18.0 Å². The van der Waals surface area contributed by atoms with Crippen LogP contribution in [0.25, 0.3) is 16.9 Å². The summed E-state index contributed by atoms with van der Waals surface area (Å²) in [5.41, 5.74) is -2.19. The smallest absolute Gasteiger partial charge is 0.324 e. The lowest BCUT2D eigenvalue weighted by Gasteiger charge is -2.14. The monoisotopic (exact) mass is 538 g/mol. The number of nitrogens with zero attached hydrogens (tertiary/aromatic N) is 5. The van der Waals surface area contributed by atoms with E-state index >= 15 is 0 Å². The van der Waals surface area contributed by atoms with Gasteiger partial charge >= 0.3 is 6.18 Å². The molecule has 0 saturated carbocycles. The van der Waals surface area contributed by atoms with Crippen LogP contribution in [0.15, 0.2) is 85.5 Å². The summed E-state index contributed by atoms with van der Waals surface area (Å²) < 4.78 is 115. The molecule has 2 N–H and O–H groups in total. The first kappa shape index (κ1) is 16.7. The number of benzene rings is 2. The molecule has 39 heavy (non-hydrogen) atoms. The fourth-order valence-electron chi connectivity index (χ4n) is 3.41. The van der Waals surface area contributed by atoms with Crippen molar-refractivity contribution in [1.82, 2.24) is 24.5 Å². The quantitative estimate of drug-likeness (QED) is 0.261. The van der Waals surface area contributed by atoms with Gasteiger partial charge in [0.15, 0.2) is 1.41 Å². The number of hydrogen-bond donors (Lipinski definition) is 2. The van der Waals surface area contributed by atoms with Crippen molar-refractivity contribution in [2.45, 2.75) is 20.0 Å². The lowest BCUT2D eigenvalue weighted by atomic mass is 10.1. The Balaban J connectivity index is 1.53. The topological polar surface area (TPSA) is 97.6 Å². The average Bonchev–Trinajstić information content (AvgIpc) is 3.27. The first-order valence-corrected chi connectivity index (χ1v) is 11.1. The second kappa shape index (κ2) is 10.4. The number of nitrogens with one attached hydrogen (secondary N) is 2. The van der Waals surface area contributed by atoms with Crippen LogP contribution in [-0.4, -0.2) is 30.4 Å². The Morgan fingerprint density at radius 3 is 2.69 bits per heavy atom. The van der Waals surface area contributed by atoms with Crippen LogP contribution in [0.2, 0.25) is 1.41 Å². The van der Waals surface area contributed by atoms with Gasteiger partial charge in [-0.15, -0.1) is 0 Å². The van der Waals surface area contributed by atoms with Crippen molar-refractivity contribution in [1.29, 1.82) is 0 Å². The van der Waals surface area contributed by atoms with Crippen molar-refractivity contribution in [3.8, 4) is 16.9 Å². The number of carbonyl (C=O) groups is 1. The fraction of sp³-hybridized carbons (Fsp3) is 0.107. The van der Waals surface area contributed by atoms with E-state index in [0.29, 0.717) is 16.9 Å². The lowest BCUT2D eigenvalue weighted by molar-refractivity contribution is -0.137. The zero-order valence-corrected chi connectivity index (χ0v) is 20.2. The normalized spacial score (nSPS) is 14.5. The van der Waals surface area contributed by atoms with Crippen LogP contribution >= 0.6 is 0 Å². The number of halogens is 3. The van der Waals surface area contributed by atoms with E-state index in [2.05, 4.69) is 25.3 Å². The van der Waals surface area contributed by atoms with Gasteiger partial charge in [0, 0.05) is 52.9 Å². The van der Waals surface area contributed by atoms with Gasteiger partial charge < -0.3 is 15.2 Å². The highest BCUT2D eigenvalue weighted by Gasteiger charge is 2.31. The molecule has 0 aliphatic carbocycles. The minimum absolute atomic E-state index is 0.0138. The molecule has 5 rings (SSSR count). The molecule has 0 atom stereocenters. The molecule has 3 heterocycles. The van der Waals surface area contributed by atoms with Crippen molar-refractivity contribution in [2.75, 3.05) is 10.6 Å². The summed E-state index contributed by atoms with van der Waals surface area (Å²) >= 11 is 0. The molecule has 3 aromatic heterocycles. The maximum absolute atomic E-state index is 13.8. The average molecular weight is 539 g/mol. The number of pyridine rings is 1. The standard InChI is InChI=1S/C28H22F3N7O/c1-17-5-6-19(10-25(17)37-27-33-9-7-24(36-27)20-4-3-8-32-14-20)26(39)35-22-11-21(28(29,30)31)12-23(13-22)38-15-18(2)34-16-38/h3-16H,1-2H3,(H,35,39)(H,33,36,37)/i3D,4D,7D,8D,9D,14D,15D,16D/hD. The summed E-state index contributed by atoms with van der Waals surface area (Å²) in [5, 5.41) is 2.99. The van der Waals surface area contributed by atoms with Crippen molar-refractivity contribution in [3.05, 3.63) is 108 Å². The number of rotatable bonds is 6. The summed E-state index contributed by atoms with van der Waals surface area (Å²) in [7, 11) is 0. The van der Waals surface area contributed by atoms with Crippen molar-refractivity contribution >= 4 is 23.2 Å². The molecule has 8 nitrogen and oxygen atoms in total. The van der Waals surface area contributed by atoms with Gasteiger partial charge in [-0.1, -0.05) is 6.07 Å². The summed E-state index contributed by atoms with van der Waals surface area (Å²) in [5.74, 6) is -1.40. The van der Waals surface area contributed by atoms with Crippen LogP contribution < -0.4 is 10.6 Å². The van der Waals surface area contributed by atoms with Gasteiger partial charge in [-0.2, -0.15) is 13.2 Å². The van der Waals surface area contributed by atoms with E-state index in [1.165, 1.54) is 25.1 Å². The molecule has 5 aromatic rings. The Kier molecular flexibility index (Phi) is 4.44. The van der Waals surface area contributed by atoms with Gasteiger partial charge in [0.2, 0.25) is 5.95 Å². The Labute approximate surface area is 234 Å². The zero-order chi connectivity index (χ0) is 35.4. The van der Waals surface area contributed by atoms with Crippen LogP contribution in [0, 0.1) is 13.8 Å². The van der Waals surface area contributed by atoms with Crippen LogP contribution in [0.4, 0.5) is 30.5 Å². The van der Waals surface area contributed by atoms with E-state index in [1.807, 2.05) is 0 Å². The fourth-order valence-corrected chi connectivity index (χ4v) is 3.41. The molecule has 196 valence electrons. The molecule has 0 aliphatic rings. The number of aromatic nitrogens is 5. The second-order valence-electron chi connectivity index (χ2n) is 8.15. The summed E-state index contributed by atoms with van der Waals surface area (Å²) in [6, 6.07) is 4.64. The third-order valence-corrected chi connectivity index (χ3v) is 5.29. The maximum atomic E-state index is 13.8. The molecule has 0 spiro atoms. The number of alkyl halides is 3. The van der Waals surface area contributed by atoms with Crippen molar-refractivity contribution in [2.24, 2.45) is 0 Å². The molecule has 0 fully saturated rings. The molecule has 11 heteroatoms. The number of carbonyl (C=O) groups excluding carboxylic acids is 1. The Bertz CT molecular complexity index is 2130. The lowest BCUT2D eigenvalue weighted by Crippen LogP contribution is -2.14. The first-order chi connectivity index (χ1) is 22.4. The van der Waals surface area contributed by atoms with Gasteiger partial charge in [0.05, 0.1) is 32.8 Å². The first-order valence-electron chi connectivity index (χ1n) is 15.6. The van der Waals surface area contributed by atoms with Crippen LogP contribution in [0.3, 0.4) is 0 Å². The summed E-state index contributed by atoms with van der Waals surface area (Å²) in [6.45, 7) is 2.99. The predicted octanol–water partition coefficient (Wildman–Crippen LogP) is 6.36. The number of imidazole rings is 1. The van der Waals surface area contributed by atoms with Crippen LogP contribution in [0.1, 0.15) is 38.1 Å². The SMILES string of the molecule is [2H]c1nc(N([2H])c2cc(C(=O)Nc3cc(-n4c([2H])nc(C)c4[2H])cc(C(F)(F)F)c3)ccc2C)nc(-c2c([2H])nc([2H])c([2H])c2[2H])c1[2H]. The van der Waals surface area contributed by atoms with Crippen molar-refractivity contribution in [3.63, 3.8) is 0 Å². The highest BCUT2D eigenvalue weighted by molar-refractivity contribution is 6.05. The van der Waals surface area contributed by atoms with E-state index in [4.69, 9.17) is 12.4 Å². The number of aryl methyl sites for hydroxylation is 2. The summed E-state index contributed by atoms with van der Waals surface area (Å²) in [4.78, 5) is 28.6. The molecule has 0 radical (unpaired) electrons. The minimum atomic E-state index is -4.84. The third-order valence-electron chi connectivity index (χ3n) is 5.29. The molecular formula is C28H22F3N7O. The van der Waals surface area contributed by atoms with Crippen LogP contribution in [-0.2, 0) is 6.18 Å². The molecular weight excluding hydrogens is 507 g/mol. The molecule has 0 bridgehead atoms. The van der Waals surface area contributed by atoms with Gasteiger partial charge in [-0.25, -0.2) is 15.0 Å². The molecule has 0 saturated heterocycles. The molecule has 1 amide bonds. The predicted molar refractivity (Wildman–Crippen MR) is 141 cm³/mol. The number of amides is 1. The van der Waals surface area contributed by atoms with Crippen molar-refractivity contribution < 1.29 is 30.3 Å². The Hall–Kier alpha value is -5.06. The largest absolute Gasteiger partial charge is 0.416 e. The molecule has 0 unspecified atom stereocenters. The van der Waals surface area contributed by atoms with Gasteiger partial charge in [0.1, 0.15) is 1.37 Å². The zero-order valence-electron chi connectivity index (χ0n) is 29.2. The molecule has 2 aromatic carbocycles. The minimum Gasteiger partial charge on any atom is -0.324 e. The van der Waals surface area contributed by atoms with E-state index < -0.39 is 77.8 Å². The highest BCUT2D eigenvalue weighted by atomic mass is 19.4. The third kappa shape index (κ3) is 5.93. The van der Waals surface area contributed by atoms with Crippen LogP contribution in [0.5, 0.6) is 0 Å². The Morgan fingerprint density at radius 2 is 1.92 bits per heavy atom. The highest BCUT2D eigenvalue weighted by Crippen LogP contribution is 2.33. The van der Waals surface area contributed by atoms with Gasteiger partial charge in [-0.3, -0.25) is 9.78 Å². The number of anilines is 3. The number of hydrogen-bond acceptors (Lipinski definition) is 6. The molecule has 0 aliphatic heterocycles. The van der Waals surface area contributed by atoms with E-state index in [-0.39, 0.29) is 34.5 Å². The summed E-state index contributed by atoms with van der Waals surface area (Å²) in [6.07, 6.45) is -7.62. The second-order valence-corrected chi connectivity index (χ2v) is 8.15. The van der Waals surface area contributed by atoms with E-state index in [0.717, 1.165) is 16.7 Å². The van der Waals surface area contributed by atoms with Gasteiger partial charge in [0.25, 0.3) is 5.91 Å². The maximum Gasteiger partial charge on any atom is 0.416 e.